The molecule has 2 aliphatic rings. The number of nitrogens with zero attached hydrogens (tertiary/aromatic N) is 1. The zero-order valence-corrected chi connectivity index (χ0v) is 23.6. The minimum atomic E-state index is -3.64. The van der Waals surface area contributed by atoms with Crippen LogP contribution in [0.5, 0.6) is 11.5 Å². The van der Waals surface area contributed by atoms with Gasteiger partial charge >= 0.3 is 5.97 Å². The number of rotatable bonds is 12. The van der Waals surface area contributed by atoms with E-state index in [0.29, 0.717) is 23.8 Å². The Balaban J connectivity index is 1.95. The minimum absolute atomic E-state index is 0.0787. The topological polar surface area (TPSA) is 107 Å². The van der Waals surface area contributed by atoms with Crippen LogP contribution in [-0.4, -0.2) is 68.4 Å². The summed E-state index contributed by atoms with van der Waals surface area (Å²) in [5.41, 5.74) is 1.01. The Labute approximate surface area is 215 Å². The lowest BCUT2D eigenvalue weighted by molar-refractivity contribution is -0.143. The lowest BCUT2D eigenvalue weighted by Gasteiger charge is -2.48. The molecule has 2 N–H and O–H groups in total. The molecule has 1 fully saturated rings. The van der Waals surface area contributed by atoms with Crippen molar-refractivity contribution in [2.75, 3.05) is 40.8 Å². The molecule has 1 aromatic rings. The van der Waals surface area contributed by atoms with Gasteiger partial charge in [0.05, 0.1) is 20.3 Å². The fourth-order valence-electron chi connectivity index (χ4n) is 5.50. The molecule has 0 amide bonds. The summed E-state index contributed by atoms with van der Waals surface area (Å²) in [5, 5.41) is 12.6. The van der Waals surface area contributed by atoms with Crippen LogP contribution in [0.25, 0.3) is 0 Å². The molecule has 0 spiro atoms. The van der Waals surface area contributed by atoms with E-state index in [4.69, 9.17) is 18.7 Å². The number of fused-ring (bicyclic) bond motifs is 3. The highest BCUT2D eigenvalue weighted by Crippen LogP contribution is 2.52. The third kappa shape index (κ3) is 6.25. The summed E-state index contributed by atoms with van der Waals surface area (Å²) in [7, 11) is 1.09. The van der Waals surface area contributed by atoms with E-state index in [-0.39, 0.29) is 30.8 Å². The predicted octanol–water partition coefficient (Wildman–Crippen LogP) is 4.69. The van der Waals surface area contributed by atoms with Gasteiger partial charge in [-0.25, -0.2) is 5.09 Å². The first-order chi connectivity index (χ1) is 17.0. The SMILES string of the molecule is CCC(C)(NP(=O)(COC)O[C@@H]1C[C@@H]2c3cc(OC)c(OC)cc3CCN2C[C@H]1CC(C)C)C(=O)O. The van der Waals surface area contributed by atoms with Crippen molar-refractivity contribution in [3.8, 4) is 11.5 Å². The van der Waals surface area contributed by atoms with Crippen molar-refractivity contribution < 1.29 is 33.2 Å². The highest BCUT2D eigenvalue weighted by molar-refractivity contribution is 7.56. The molecule has 2 aliphatic heterocycles. The van der Waals surface area contributed by atoms with E-state index in [1.807, 2.05) is 0 Å². The van der Waals surface area contributed by atoms with Gasteiger partial charge in [-0.2, -0.15) is 0 Å². The Hall–Kier alpha value is -1.64. The molecule has 2 heterocycles. The fourth-order valence-corrected chi connectivity index (χ4v) is 7.72. The highest BCUT2D eigenvalue weighted by Gasteiger charge is 2.45. The number of piperidine rings is 1. The zero-order valence-electron chi connectivity index (χ0n) is 22.7. The van der Waals surface area contributed by atoms with E-state index in [0.717, 1.165) is 25.9 Å². The molecule has 3 rings (SSSR count). The standard InChI is InChI=1S/C26H43N2O7P/c1-8-26(4,25(29)30)27-36(31,16-32-5)35-22-14-21-20-13-24(34-7)23(33-6)12-18(20)9-10-28(21)15-19(22)11-17(2)3/h12-13,17,19,21-22H,8-11,14-16H2,1-7H3,(H,27,31)(H,29,30)/t19-,21-,22-,26?,36?/m1/s1. The van der Waals surface area contributed by atoms with Gasteiger partial charge in [-0.15, -0.1) is 0 Å². The molecule has 0 aliphatic carbocycles. The summed E-state index contributed by atoms with van der Waals surface area (Å²) in [4.78, 5) is 14.5. The maximum atomic E-state index is 14.0. The van der Waals surface area contributed by atoms with Crippen molar-refractivity contribution in [3.05, 3.63) is 23.3 Å². The molecule has 5 atom stereocenters. The van der Waals surface area contributed by atoms with Crippen LogP contribution >= 0.6 is 7.52 Å². The van der Waals surface area contributed by atoms with Gasteiger partial charge in [0.2, 0.25) is 0 Å². The largest absolute Gasteiger partial charge is 0.493 e. The normalized spacial score (nSPS) is 25.4. The first kappa shape index (κ1) is 28.9. The number of ether oxygens (including phenoxy) is 3. The summed E-state index contributed by atoms with van der Waals surface area (Å²) < 4.78 is 36.8. The third-order valence-corrected chi connectivity index (χ3v) is 9.58. The third-order valence-electron chi connectivity index (χ3n) is 7.54. The number of hydrogen-bond donors (Lipinski definition) is 2. The van der Waals surface area contributed by atoms with Gasteiger partial charge in [-0.3, -0.25) is 14.3 Å². The average molecular weight is 527 g/mol. The van der Waals surface area contributed by atoms with E-state index in [9.17, 15) is 14.5 Å². The summed E-state index contributed by atoms with van der Waals surface area (Å²) in [5.74, 6) is 0.932. The van der Waals surface area contributed by atoms with Gasteiger partial charge in [0.15, 0.2) is 11.5 Å². The van der Waals surface area contributed by atoms with Crippen molar-refractivity contribution in [1.29, 1.82) is 0 Å². The second kappa shape index (κ2) is 11.8. The molecule has 0 saturated carbocycles. The van der Waals surface area contributed by atoms with Gasteiger partial charge in [0.1, 0.15) is 11.9 Å². The summed E-state index contributed by atoms with van der Waals surface area (Å²) >= 11 is 0. The van der Waals surface area contributed by atoms with Crippen LogP contribution in [0.1, 0.15) is 64.1 Å². The predicted molar refractivity (Wildman–Crippen MR) is 139 cm³/mol. The number of carbonyl (C=O) groups is 1. The van der Waals surface area contributed by atoms with Crippen molar-refractivity contribution >= 4 is 13.5 Å². The lowest BCUT2D eigenvalue weighted by Crippen LogP contribution is -2.51. The monoisotopic (exact) mass is 526 g/mol. The number of methoxy groups -OCH3 is 3. The molecule has 0 bridgehead atoms. The van der Waals surface area contributed by atoms with Crippen molar-refractivity contribution in [3.63, 3.8) is 0 Å². The van der Waals surface area contributed by atoms with Crippen LogP contribution in [0.3, 0.4) is 0 Å². The zero-order chi connectivity index (χ0) is 26.7. The highest BCUT2D eigenvalue weighted by atomic mass is 31.2. The molecule has 36 heavy (non-hydrogen) atoms. The summed E-state index contributed by atoms with van der Waals surface area (Å²) in [6.45, 7) is 9.38. The second-order valence-electron chi connectivity index (χ2n) is 10.6. The van der Waals surface area contributed by atoms with E-state index >= 15 is 0 Å². The molecule has 9 nitrogen and oxygen atoms in total. The van der Waals surface area contributed by atoms with Crippen LogP contribution in [-0.2, 0) is 25.0 Å². The lowest BCUT2D eigenvalue weighted by atomic mass is 9.79. The van der Waals surface area contributed by atoms with Gasteiger partial charge in [-0.05, 0) is 67.7 Å². The maximum Gasteiger partial charge on any atom is 0.324 e. The Morgan fingerprint density at radius 3 is 2.47 bits per heavy atom. The average Bonchev–Trinajstić information content (AvgIpc) is 2.82. The van der Waals surface area contributed by atoms with Gasteiger partial charge in [0, 0.05) is 26.2 Å². The number of aliphatic carboxylic acids is 1. The summed E-state index contributed by atoms with van der Waals surface area (Å²) in [6.07, 6.45) is 2.22. The molecular weight excluding hydrogens is 483 g/mol. The van der Waals surface area contributed by atoms with E-state index in [1.54, 1.807) is 21.1 Å². The van der Waals surface area contributed by atoms with Gasteiger partial charge in [-0.1, -0.05) is 20.8 Å². The first-order valence-electron chi connectivity index (χ1n) is 12.8. The number of nitrogens with one attached hydrogen (secondary N) is 1. The molecular formula is C26H43N2O7P. The van der Waals surface area contributed by atoms with Crippen LogP contribution in [0.2, 0.25) is 0 Å². The van der Waals surface area contributed by atoms with Gasteiger partial charge < -0.3 is 23.8 Å². The molecule has 204 valence electrons. The number of benzene rings is 1. The van der Waals surface area contributed by atoms with Crippen molar-refractivity contribution in [2.45, 2.75) is 71.1 Å². The second-order valence-corrected chi connectivity index (χ2v) is 12.7. The minimum Gasteiger partial charge on any atom is -0.493 e. The van der Waals surface area contributed by atoms with E-state index in [2.05, 4.69) is 36.0 Å². The van der Waals surface area contributed by atoms with Crippen molar-refractivity contribution in [1.82, 2.24) is 9.99 Å². The molecule has 0 radical (unpaired) electrons. The number of hydrogen-bond acceptors (Lipinski definition) is 7. The van der Waals surface area contributed by atoms with E-state index < -0.39 is 19.0 Å². The van der Waals surface area contributed by atoms with Gasteiger partial charge in [0.25, 0.3) is 7.52 Å². The van der Waals surface area contributed by atoms with Crippen LogP contribution in [0, 0.1) is 11.8 Å². The molecule has 1 saturated heterocycles. The molecule has 10 heteroatoms. The molecule has 0 aromatic heterocycles. The van der Waals surface area contributed by atoms with Crippen LogP contribution in [0.15, 0.2) is 12.1 Å². The maximum absolute atomic E-state index is 14.0. The van der Waals surface area contributed by atoms with Crippen molar-refractivity contribution in [2.24, 2.45) is 11.8 Å². The van der Waals surface area contributed by atoms with Crippen LogP contribution < -0.4 is 14.6 Å². The Morgan fingerprint density at radius 2 is 1.92 bits per heavy atom. The first-order valence-corrected chi connectivity index (χ1v) is 14.6. The molecule has 1 aromatic carbocycles. The Bertz CT molecular complexity index is 972. The summed E-state index contributed by atoms with van der Waals surface area (Å²) in [6, 6.07) is 4.18. The smallest absolute Gasteiger partial charge is 0.324 e. The molecule has 2 unspecified atom stereocenters. The number of carboxylic acid groups (broad SMARTS) is 1. The Morgan fingerprint density at radius 1 is 1.25 bits per heavy atom. The van der Waals surface area contributed by atoms with E-state index in [1.165, 1.54) is 25.2 Å². The fraction of sp³-hybridized carbons (Fsp3) is 0.731. The quantitative estimate of drug-likeness (QED) is 0.375. The number of carboxylic acids is 1. The van der Waals surface area contributed by atoms with Crippen LogP contribution in [0.4, 0.5) is 0 Å². The Kier molecular flexibility index (Phi) is 9.50.